The molecule has 1 rings (SSSR count). The van der Waals surface area contributed by atoms with Crippen LogP contribution in [0, 0.1) is 0 Å². The lowest BCUT2D eigenvalue weighted by Crippen LogP contribution is -2.23. The van der Waals surface area contributed by atoms with E-state index >= 15 is 0 Å². The molecule has 0 fully saturated rings. The Bertz CT molecular complexity index is 293. The molecule has 0 aliphatic rings. The third-order valence-electron chi connectivity index (χ3n) is 3.38. The average Bonchev–Trinajstić information content (AvgIpc) is 2.90. The van der Waals surface area contributed by atoms with Gasteiger partial charge in [0, 0.05) is 11.6 Å². The van der Waals surface area contributed by atoms with Crippen LogP contribution < -0.4 is 0 Å². The monoisotopic (exact) mass is 301 g/mol. The summed E-state index contributed by atoms with van der Waals surface area (Å²) in [5, 5.41) is 3.37. The Morgan fingerprint density at radius 2 is 1.79 bits per heavy atom. The van der Waals surface area contributed by atoms with E-state index in [1.54, 1.807) is 17.5 Å². The van der Waals surface area contributed by atoms with Gasteiger partial charge in [0.25, 0.3) is 0 Å². The number of aromatic nitrogens is 1. The van der Waals surface area contributed by atoms with E-state index in [1.165, 1.54) is 38.5 Å². The third kappa shape index (κ3) is 7.33. The third-order valence-corrected chi connectivity index (χ3v) is 6.12. The minimum absolute atomic E-state index is 0.377. The molecule has 0 aromatic carbocycles. The molecule has 1 heterocycles. The maximum atomic E-state index is 12.5. The van der Waals surface area contributed by atoms with Gasteiger partial charge in [-0.3, -0.25) is 0 Å². The fourth-order valence-corrected chi connectivity index (χ4v) is 4.65. The highest BCUT2D eigenvalue weighted by atomic mass is 32.2. The molecule has 0 saturated heterocycles. The Hall–Kier alpha value is -0.0600. The Kier molecular flexibility index (Phi) is 9.57. The van der Waals surface area contributed by atoms with Gasteiger partial charge in [-0.15, -0.1) is 11.3 Å². The van der Waals surface area contributed by atoms with E-state index in [4.69, 9.17) is 0 Å². The van der Waals surface area contributed by atoms with Gasteiger partial charge in [-0.25, -0.2) is 4.98 Å². The Labute approximate surface area is 125 Å². The lowest BCUT2D eigenvalue weighted by molar-refractivity contribution is 0.528. The molecular weight excluding hydrogens is 274 g/mol. The summed E-state index contributed by atoms with van der Waals surface area (Å²) in [6.07, 6.45) is 11.5. The van der Waals surface area contributed by atoms with E-state index in [2.05, 4.69) is 18.8 Å². The summed E-state index contributed by atoms with van der Waals surface area (Å²) in [5.41, 5.74) is 0. The van der Waals surface area contributed by atoms with Crippen molar-refractivity contribution in [1.29, 1.82) is 0 Å². The van der Waals surface area contributed by atoms with E-state index in [0.29, 0.717) is 11.0 Å². The van der Waals surface area contributed by atoms with E-state index in [1.807, 2.05) is 5.38 Å². The summed E-state index contributed by atoms with van der Waals surface area (Å²) in [6, 6.07) is 0. The predicted octanol–water partition coefficient (Wildman–Crippen LogP) is 4.92. The Morgan fingerprint density at radius 1 is 1.16 bits per heavy atom. The molecule has 1 aromatic rings. The number of hydrogen-bond acceptors (Lipinski definition) is 3. The fraction of sp³-hybridized carbons (Fsp3) is 0.800. The van der Waals surface area contributed by atoms with Crippen LogP contribution in [-0.4, -0.2) is 14.8 Å². The van der Waals surface area contributed by atoms with Crippen LogP contribution in [0.1, 0.15) is 70.2 Å². The van der Waals surface area contributed by atoms with Crippen molar-refractivity contribution in [2.24, 2.45) is 0 Å². The van der Waals surface area contributed by atoms with E-state index in [9.17, 15) is 4.55 Å². The molecule has 0 N–H and O–H groups in total. The summed E-state index contributed by atoms with van der Waals surface area (Å²) in [5.74, 6) is 0.653. The summed E-state index contributed by atoms with van der Waals surface area (Å²) >= 11 is 0.875. The van der Waals surface area contributed by atoms with Crippen molar-refractivity contribution in [3.8, 4) is 0 Å². The lowest BCUT2D eigenvalue weighted by Gasteiger charge is -2.21. The van der Waals surface area contributed by atoms with Gasteiger partial charge in [-0.2, -0.15) is 0 Å². The van der Waals surface area contributed by atoms with Crippen LogP contribution in [0.3, 0.4) is 0 Å². The van der Waals surface area contributed by atoms with Crippen molar-refractivity contribution < 1.29 is 4.55 Å². The highest BCUT2D eigenvalue weighted by molar-refractivity contribution is 7.91. The van der Waals surface area contributed by atoms with E-state index in [-0.39, 0.29) is 0 Å². The number of nitrogens with zero attached hydrogens (tertiary/aromatic N) is 1. The second kappa shape index (κ2) is 10.7. The van der Waals surface area contributed by atoms with Crippen LogP contribution in [0.2, 0.25) is 0 Å². The maximum absolute atomic E-state index is 12.5. The number of thiazole rings is 1. The highest BCUT2D eigenvalue weighted by Crippen LogP contribution is 2.22. The first-order valence-electron chi connectivity index (χ1n) is 7.53. The van der Waals surface area contributed by atoms with Crippen LogP contribution >= 0.6 is 11.3 Å². The zero-order valence-electron chi connectivity index (χ0n) is 12.3. The lowest BCUT2D eigenvalue weighted by atomic mass is 10.1. The molecule has 110 valence electrons. The molecule has 19 heavy (non-hydrogen) atoms. The van der Waals surface area contributed by atoms with Crippen molar-refractivity contribution in [3.63, 3.8) is 0 Å². The van der Waals surface area contributed by atoms with Crippen molar-refractivity contribution in [2.45, 2.75) is 76.2 Å². The van der Waals surface area contributed by atoms with Gasteiger partial charge in [-0.1, -0.05) is 39.5 Å². The summed E-state index contributed by atoms with van der Waals surface area (Å²) in [4.78, 5) is 4.26. The van der Waals surface area contributed by atoms with Gasteiger partial charge in [0.15, 0.2) is 5.75 Å². The van der Waals surface area contributed by atoms with E-state index in [0.717, 1.165) is 17.8 Å². The second-order valence-electron chi connectivity index (χ2n) is 5.06. The van der Waals surface area contributed by atoms with Gasteiger partial charge in [0.1, 0.15) is 10.3 Å². The molecule has 0 aliphatic heterocycles. The summed E-state index contributed by atoms with van der Waals surface area (Å²) in [6.45, 7) is 4.44. The first-order chi connectivity index (χ1) is 9.27. The number of rotatable bonds is 11. The van der Waals surface area contributed by atoms with Crippen LogP contribution in [0.4, 0.5) is 0 Å². The largest absolute Gasteiger partial charge is 0.616 e. The molecule has 0 saturated carbocycles. The van der Waals surface area contributed by atoms with Gasteiger partial charge >= 0.3 is 0 Å². The first kappa shape index (κ1) is 17.0. The van der Waals surface area contributed by atoms with Gasteiger partial charge in [-0.05, 0) is 36.9 Å². The van der Waals surface area contributed by atoms with Crippen molar-refractivity contribution in [3.05, 3.63) is 16.6 Å². The quantitative estimate of drug-likeness (QED) is 0.429. The maximum Gasteiger partial charge on any atom is 0.157 e. The SMILES string of the molecule is CCCCCC(CCCCC)[S+]([O-])Cc1nccs1. The van der Waals surface area contributed by atoms with Crippen LogP contribution in [0.5, 0.6) is 0 Å². The minimum Gasteiger partial charge on any atom is -0.616 e. The molecule has 0 radical (unpaired) electrons. The normalized spacial score (nSPS) is 13.1. The second-order valence-corrected chi connectivity index (χ2v) is 7.76. The highest BCUT2D eigenvalue weighted by Gasteiger charge is 2.22. The number of hydrogen-bond donors (Lipinski definition) is 0. The molecule has 0 spiro atoms. The number of unbranched alkanes of at least 4 members (excludes halogenated alkanes) is 4. The van der Waals surface area contributed by atoms with Crippen molar-refractivity contribution in [1.82, 2.24) is 4.98 Å². The smallest absolute Gasteiger partial charge is 0.157 e. The van der Waals surface area contributed by atoms with Gasteiger partial charge in [0.05, 0.1) is 0 Å². The molecule has 0 bridgehead atoms. The average molecular weight is 302 g/mol. The van der Waals surface area contributed by atoms with Gasteiger partial charge in [0.2, 0.25) is 0 Å². The minimum atomic E-state index is -0.746. The first-order valence-corrected chi connectivity index (χ1v) is 9.79. The fourth-order valence-electron chi connectivity index (χ4n) is 2.22. The van der Waals surface area contributed by atoms with Crippen molar-refractivity contribution >= 4 is 22.5 Å². The van der Waals surface area contributed by atoms with Crippen molar-refractivity contribution in [2.75, 3.05) is 0 Å². The molecule has 1 aromatic heterocycles. The molecule has 0 aliphatic carbocycles. The Morgan fingerprint density at radius 3 is 2.26 bits per heavy atom. The van der Waals surface area contributed by atoms with Crippen LogP contribution in [0.15, 0.2) is 11.6 Å². The zero-order valence-corrected chi connectivity index (χ0v) is 13.9. The van der Waals surface area contributed by atoms with Crippen LogP contribution in [0.25, 0.3) is 0 Å². The standard InChI is InChI=1S/C15H27NOS2/c1-3-5-7-9-14(10-8-6-4-2)19(17)13-15-16-11-12-18-15/h11-12,14H,3-10,13H2,1-2H3. The predicted molar refractivity (Wildman–Crippen MR) is 86.0 cm³/mol. The molecule has 0 amide bonds. The van der Waals surface area contributed by atoms with Crippen LogP contribution in [-0.2, 0) is 16.9 Å². The summed E-state index contributed by atoms with van der Waals surface area (Å²) < 4.78 is 12.5. The molecule has 1 atom stereocenters. The molecular formula is C15H27NOS2. The molecule has 1 unspecified atom stereocenters. The molecule has 4 heteroatoms. The molecule has 2 nitrogen and oxygen atoms in total. The zero-order chi connectivity index (χ0) is 13.9. The van der Waals surface area contributed by atoms with E-state index < -0.39 is 11.2 Å². The Balaban J connectivity index is 2.40. The summed E-state index contributed by atoms with van der Waals surface area (Å²) in [7, 11) is 0. The topological polar surface area (TPSA) is 36.0 Å². The van der Waals surface area contributed by atoms with Gasteiger partial charge < -0.3 is 4.55 Å².